The first kappa shape index (κ1) is 10.0. The summed E-state index contributed by atoms with van der Waals surface area (Å²) < 4.78 is 0. The lowest BCUT2D eigenvalue weighted by Gasteiger charge is -2.29. The summed E-state index contributed by atoms with van der Waals surface area (Å²) in [6, 6.07) is 0. The van der Waals surface area contributed by atoms with E-state index in [0.717, 1.165) is 6.54 Å². The second-order valence-electron chi connectivity index (χ2n) is 4.31. The van der Waals surface area contributed by atoms with Gasteiger partial charge >= 0.3 is 0 Å². The Bertz CT molecular complexity index is 128. The van der Waals surface area contributed by atoms with Gasteiger partial charge in [-0.15, -0.1) is 0 Å². The molecule has 1 saturated carbocycles. The van der Waals surface area contributed by atoms with Gasteiger partial charge in [0.25, 0.3) is 0 Å². The van der Waals surface area contributed by atoms with E-state index in [1.807, 2.05) is 0 Å². The van der Waals surface area contributed by atoms with Crippen molar-refractivity contribution in [3.8, 4) is 0 Å². The third-order valence-electron chi connectivity index (χ3n) is 2.79. The Morgan fingerprint density at radius 3 is 2.42 bits per heavy atom. The molecule has 0 spiro atoms. The highest BCUT2D eigenvalue weighted by Gasteiger charge is 2.29. The number of hydrogen-bond donors (Lipinski definition) is 1. The number of nitrogens with two attached hydrogens (primary N) is 1. The summed E-state index contributed by atoms with van der Waals surface area (Å²) in [7, 11) is 2.18. The van der Waals surface area contributed by atoms with Crippen molar-refractivity contribution in [2.24, 2.45) is 5.73 Å². The zero-order valence-corrected chi connectivity index (χ0v) is 8.47. The topological polar surface area (TPSA) is 29.3 Å². The molecule has 72 valence electrons. The van der Waals surface area contributed by atoms with E-state index in [1.165, 1.54) is 38.6 Å². The number of likely N-dealkylation sites (N-methyl/N-ethyl adjacent to an activating group) is 1. The van der Waals surface area contributed by atoms with Gasteiger partial charge in [0.15, 0.2) is 0 Å². The largest absolute Gasteiger partial charge is 0.324 e. The van der Waals surface area contributed by atoms with Gasteiger partial charge in [0.05, 0.1) is 0 Å². The Morgan fingerprint density at radius 1 is 1.33 bits per heavy atom. The lowest BCUT2D eigenvalue weighted by molar-refractivity contribution is 0.248. The van der Waals surface area contributed by atoms with Gasteiger partial charge in [-0.3, -0.25) is 0 Å². The second kappa shape index (κ2) is 4.24. The van der Waals surface area contributed by atoms with E-state index >= 15 is 0 Å². The second-order valence-corrected chi connectivity index (χ2v) is 4.31. The van der Waals surface area contributed by atoms with Gasteiger partial charge < -0.3 is 10.6 Å². The minimum atomic E-state index is 0.143. The molecule has 2 heteroatoms. The standard InChI is InChI=1S/C10H22N2/c1-3-8-12(2)9-10(11)6-4-5-7-10/h3-9,11H2,1-2H3. The molecule has 1 aliphatic rings. The fourth-order valence-corrected chi connectivity index (χ4v) is 2.24. The van der Waals surface area contributed by atoms with Crippen LogP contribution in [0.5, 0.6) is 0 Å². The van der Waals surface area contributed by atoms with Crippen molar-refractivity contribution in [1.29, 1.82) is 0 Å². The summed E-state index contributed by atoms with van der Waals surface area (Å²) in [6.45, 7) is 4.48. The van der Waals surface area contributed by atoms with Gasteiger partial charge in [-0.2, -0.15) is 0 Å². The van der Waals surface area contributed by atoms with Gasteiger partial charge in [0.1, 0.15) is 0 Å². The Balaban J connectivity index is 2.28. The summed E-state index contributed by atoms with van der Waals surface area (Å²) in [5.74, 6) is 0. The average molecular weight is 170 g/mol. The van der Waals surface area contributed by atoms with Gasteiger partial charge in [-0.1, -0.05) is 19.8 Å². The van der Waals surface area contributed by atoms with Crippen molar-refractivity contribution in [2.75, 3.05) is 20.1 Å². The highest BCUT2D eigenvalue weighted by atomic mass is 15.1. The van der Waals surface area contributed by atoms with Crippen LogP contribution in [0.3, 0.4) is 0 Å². The molecule has 0 aromatic carbocycles. The van der Waals surface area contributed by atoms with Crippen LogP contribution in [0.25, 0.3) is 0 Å². The van der Waals surface area contributed by atoms with E-state index in [9.17, 15) is 0 Å². The summed E-state index contributed by atoms with van der Waals surface area (Å²) in [6.07, 6.45) is 6.33. The molecule has 2 N–H and O–H groups in total. The lowest BCUT2D eigenvalue weighted by atomic mass is 9.99. The van der Waals surface area contributed by atoms with Crippen LogP contribution in [0.2, 0.25) is 0 Å². The molecule has 0 saturated heterocycles. The molecule has 1 fully saturated rings. The number of hydrogen-bond acceptors (Lipinski definition) is 2. The Kier molecular flexibility index (Phi) is 3.53. The predicted molar refractivity (Wildman–Crippen MR) is 53.2 cm³/mol. The maximum Gasteiger partial charge on any atom is 0.0283 e. The molecule has 0 radical (unpaired) electrons. The van der Waals surface area contributed by atoms with Gasteiger partial charge in [-0.25, -0.2) is 0 Å². The van der Waals surface area contributed by atoms with Gasteiger partial charge in [0.2, 0.25) is 0 Å². The Labute approximate surface area is 76.1 Å². The minimum absolute atomic E-state index is 0.143. The molecule has 0 aromatic heterocycles. The van der Waals surface area contributed by atoms with Crippen LogP contribution in [0, 0.1) is 0 Å². The quantitative estimate of drug-likeness (QED) is 0.694. The average Bonchev–Trinajstić information content (AvgIpc) is 2.36. The normalized spacial score (nSPS) is 22.0. The molecule has 0 heterocycles. The van der Waals surface area contributed by atoms with Crippen LogP contribution in [-0.4, -0.2) is 30.6 Å². The van der Waals surface area contributed by atoms with Gasteiger partial charge in [-0.05, 0) is 32.9 Å². The highest BCUT2D eigenvalue weighted by Crippen LogP contribution is 2.27. The lowest BCUT2D eigenvalue weighted by Crippen LogP contribution is -2.47. The van der Waals surface area contributed by atoms with E-state index < -0.39 is 0 Å². The minimum Gasteiger partial charge on any atom is -0.324 e. The molecular weight excluding hydrogens is 148 g/mol. The zero-order chi connectivity index (χ0) is 9.03. The molecule has 0 bridgehead atoms. The first-order chi connectivity index (χ1) is 5.66. The van der Waals surface area contributed by atoms with Crippen molar-refractivity contribution in [3.05, 3.63) is 0 Å². The molecule has 0 amide bonds. The first-order valence-corrected chi connectivity index (χ1v) is 5.14. The third kappa shape index (κ3) is 2.76. The van der Waals surface area contributed by atoms with Crippen molar-refractivity contribution in [1.82, 2.24) is 4.90 Å². The molecule has 2 nitrogen and oxygen atoms in total. The van der Waals surface area contributed by atoms with Crippen molar-refractivity contribution in [2.45, 2.75) is 44.6 Å². The van der Waals surface area contributed by atoms with Crippen molar-refractivity contribution >= 4 is 0 Å². The molecule has 0 aromatic rings. The Hall–Kier alpha value is -0.0800. The summed E-state index contributed by atoms with van der Waals surface area (Å²) >= 11 is 0. The summed E-state index contributed by atoms with van der Waals surface area (Å²) in [5.41, 5.74) is 6.39. The third-order valence-corrected chi connectivity index (χ3v) is 2.79. The number of nitrogens with zero attached hydrogens (tertiary/aromatic N) is 1. The van der Waals surface area contributed by atoms with Crippen LogP contribution in [0.4, 0.5) is 0 Å². The molecule has 12 heavy (non-hydrogen) atoms. The highest BCUT2D eigenvalue weighted by molar-refractivity contribution is 4.91. The molecular formula is C10H22N2. The zero-order valence-electron chi connectivity index (χ0n) is 8.47. The predicted octanol–water partition coefficient (Wildman–Crippen LogP) is 1.60. The smallest absolute Gasteiger partial charge is 0.0283 e. The van der Waals surface area contributed by atoms with E-state index in [0.29, 0.717) is 0 Å². The molecule has 1 rings (SSSR count). The molecule has 0 unspecified atom stereocenters. The summed E-state index contributed by atoms with van der Waals surface area (Å²) in [5, 5.41) is 0. The maximum absolute atomic E-state index is 6.25. The maximum atomic E-state index is 6.25. The van der Waals surface area contributed by atoms with Crippen LogP contribution >= 0.6 is 0 Å². The fourth-order valence-electron chi connectivity index (χ4n) is 2.24. The van der Waals surface area contributed by atoms with Crippen molar-refractivity contribution < 1.29 is 0 Å². The van der Waals surface area contributed by atoms with Crippen LogP contribution in [0.1, 0.15) is 39.0 Å². The first-order valence-electron chi connectivity index (χ1n) is 5.14. The fraction of sp³-hybridized carbons (Fsp3) is 1.00. The Morgan fingerprint density at radius 2 is 1.92 bits per heavy atom. The monoisotopic (exact) mass is 170 g/mol. The molecule has 0 aliphatic heterocycles. The van der Waals surface area contributed by atoms with E-state index in [4.69, 9.17) is 5.73 Å². The van der Waals surface area contributed by atoms with E-state index in [1.54, 1.807) is 0 Å². The number of rotatable bonds is 4. The molecule has 1 aliphatic carbocycles. The van der Waals surface area contributed by atoms with E-state index in [2.05, 4.69) is 18.9 Å². The van der Waals surface area contributed by atoms with Crippen LogP contribution in [0.15, 0.2) is 0 Å². The summed E-state index contributed by atoms with van der Waals surface area (Å²) in [4.78, 5) is 2.37. The molecule has 0 atom stereocenters. The van der Waals surface area contributed by atoms with E-state index in [-0.39, 0.29) is 5.54 Å². The van der Waals surface area contributed by atoms with Crippen LogP contribution < -0.4 is 5.73 Å². The van der Waals surface area contributed by atoms with Crippen molar-refractivity contribution in [3.63, 3.8) is 0 Å². The van der Waals surface area contributed by atoms with Crippen LogP contribution in [-0.2, 0) is 0 Å². The van der Waals surface area contributed by atoms with Gasteiger partial charge in [0, 0.05) is 12.1 Å². The SMILES string of the molecule is CCCN(C)CC1(N)CCCC1.